The van der Waals surface area contributed by atoms with Crippen LogP contribution in [0, 0.1) is 0 Å². The van der Waals surface area contributed by atoms with Gasteiger partial charge in [-0.05, 0) is 51.8 Å². The zero-order valence-electron chi connectivity index (χ0n) is 13.8. The Morgan fingerprint density at radius 1 is 1.24 bits per heavy atom. The first-order chi connectivity index (χ1) is 9.80. The van der Waals surface area contributed by atoms with E-state index in [1.54, 1.807) is 0 Å². The smallest absolute Gasteiger partial charge is 0.258 e. The summed E-state index contributed by atoms with van der Waals surface area (Å²) in [5.74, 6) is 0.608. The second-order valence-electron chi connectivity index (χ2n) is 6.42. The van der Waals surface area contributed by atoms with Gasteiger partial charge in [0.25, 0.3) is 5.91 Å². The van der Waals surface area contributed by atoms with Crippen LogP contribution >= 0.6 is 0 Å². The standard InChI is InChI=1S/C17H28N2O2/c1-6-13(2)18-11-14-7-9-15(10-8-14)21-12-16(20)19-17(3,4)5/h7-10,13,18H,6,11-12H2,1-5H3,(H,19,20)/t13-/m1/s1. The summed E-state index contributed by atoms with van der Waals surface area (Å²) in [6.07, 6.45) is 1.12. The lowest BCUT2D eigenvalue weighted by Crippen LogP contribution is -2.43. The van der Waals surface area contributed by atoms with Gasteiger partial charge >= 0.3 is 0 Å². The molecule has 1 aromatic carbocycles. The van der Waals surface area contributed by atoms with Crippen LogP contribution in [0.5, 0.6) is 5.75 Å². The second-order valence-corrected chi connectivity index (χ2v) is 6.42. The second kappa shape index (κ2) is 8.03. The number of nitrogens with one attached hydrogen (secondary N) is 2. The summed E-state index contributed by atoms with van der Waals surface area (Å²) in [6.45, 7) is 11.1. The maximum absolute atomic E-state index is 11.7. The van der Waals surface area contributed by atoms with Crippen molar-refractivity contribution in [3.63, 3.8) is 0 Å². The average molecular weight is 292 g/mol. The molecule has 4 nitrogen and oxygen atoms in total. The lowest BCUT2D eigenvalue weighted by molar-refractivity contribution is -0.124. The van der Waals surface area contributed by atoms with Crippen LogP contribution < -0.4 is 15.4 Å². The van der Waals surface area contributed by atoms with Gasteiger partial charge in [-0.15, -0.1) is 0 Å². The van der Waals surface area contributed by atoms with Crippen molar-refractivity contribution in [1.82, 2.24) is 10.6 Å². The van der Waals surface area contributed by atoms with Crippen LogP contribution in [0.15, 0.2) is 24.3 Å². The van der Waals surface area contributed by atoms with Gasteiger partial charge in [-0.2, -0.15) is 0 Å². The van der Waals surface area contributed by atoms with Crippen LogP contribution in [0.4, 0.5) is 0 Å². The highest BCUT2D eigenvalue weighted by Crippen LogP contribution is 2.12. The monoisotopic (exact) mass is 292 g/mol. The van der Waals surface area contributed by atoms with Gasteiger partial charge in [-0.1, -0.05) is 19.1 Å². The van der Waals surface area contributed by atoms with E-state index < -0.39 is 0 Å². The molecular formula is C17H28N2O2. The molecule has 0 fully saturated rings. The molecular weight excluding hydrogens is 264 g/mol. The van der Waals surface area contributed by atoms with Crippen molar-refractivity contribution in [2.24, 2.45) is 0 Å². The SMILES string of the molecule is CC[C@@H](C)NCc1ccc(OCC(=O)NC(C)(C)C)cc1. The molecule has 1 rings (SSSR count). The van der Waals surface area contributed by atoms with E-state index in [0.717, 1.165) is 13.0 Å². The van der Waals surface area contributed by atoms with Crippen molar-refractivity contribution in [2.45, 2.75) is 59.2 Å². The Morgan fingerprint density at radius 3 is 2.38 bits per heavy atom. The molecule has 1 atom stereocenters. The maximum atomic E-state index is 11.7. The predicted molar refractivity (Wildman–Crippen MR) is 86.4 cm³/mol. The quantitative estimate of drug-likeness (QED) is 0.812. The molecule has 0 radical (unpaired) electrons. The Hall–Kier alpha value is -1.55. The summed E-state index contributed by atoms with van der Waals surface area (Å²) in [5.41, 5.74) is 0.980. The summed E-state index contributed by atoms with van der Waals surface area (Å²) in [4.78, 5) is 11.7. The Balaban J connectivity index is 2.39. The first-order valence-electron chi connectivity index (χ1n) is 7.56. The Bertz CT molecular complexity index is 435. The molecule has 0 aliphatic rings. The molecule has 0 aliphatic heterocycles. The van der Waals surface area contributed by atoms with Gasteiger partial charge in [0, 0.05) is 18.1 Å². The molecule has 0 unspecified atom stereocenters. The lowest BCUT2D eigenvalue weighted by atomic mass is 10.1. The van der Waals surface area contributed by atoms with Gasteiger partial charge in [0.2, 0.25) is 0 Å². The molecule has 0 spiro atoms. The summed E-state index contributed by atoms with van der Waals surface area (Å²) in [6, 6.07) is 8.36. The minimum Gasteiger partial charge on any atom is -0.484 e. The number of hydrogen-bond acceptors (Lipinski definition) is 3. The molecule has 0 aromatic heterocycles. The number of carbonyl (C=O) groups is 1. The molecule has 118 valence electrons. The van der Waals surface area contributed by atoms with Crippen molar-refractivity contribution in [3.8, 4) is 5.75 Å². The third kappa shape index (κ3) is 7.71. The van der Waals surface area contributed by atoms with E-state index >= 15 is 0 Å². The number of carbonyl (C=O) groups excluding carboxylic acids is 1. The van der Waals surface area contributed by atoms with Gasteiger partial charge in [-0.25, -0.2) is 0 Å². The molecule has 0 heterocycles. The van der Waals surface area contributed by atoms with E-state index in [1.807, 2.05) is 45.0 Å². The highest BCUT2D eigenvalue weighted by Gasteiger charge is 2.13. The van der Waals surface area contributed by atoms with E-state index in [9.17, 15) is 4.79 Å². The summed E-state index contributed by atoms with van der Waals surface area (Å²) >= 11 is 0. The minimum absolute atomic E-state index is 0.0434. The van der Waals surface area contributed by atoms with Gasteiger partial charge in [-0.3, -0.25) is 4.79 Å². The van der Waals surface area contributed by atoms with Crippen molar-refractivity contribution < 1.29 is 9.53 Å². The molecule has 0 saturated carbocycles. The molecule has 0 saturated heterocycles. The third-order valence-electron chi connectivity index (χ3n) is 3.07. The van der Waals surface area contributed by atoms with E-state index in [1.165, 1.54) is 5.56 Å². The number of rotatable bonds is 7. The van der Waals surface area contributed by atoms with Gasteiger partial charge in [0.15, 0.2) is 6.61 Å². The van der Waals surface area contributed by atoms with Crippen LogP contribution in [0.3, 0.4) is 0 Å². The number of benzene rings is 1. The summed E-state index contributed by atoms with van der Waals surface area (Å²) in [7, 11) is 0. The average Bonchev–Trinajstić information content (AvgIpc) is 2.41. The van der Waals surface area contributed by atoms with Gasteiger partial charge in [0.1, 0.15) is 5.75 Å². The fraction of sp³-hybridized carbons (Fsp3) is 0.588. The van der Waals surface area contributed by atoms with Gasteiger partial charge in [0.05, 0.1) is 0 Å². The molecule has 0 aliphatic carbocycles. The highest BCUT2D eigenvalue weighted by molar-refractivity contribution is 5.78. The highest BCUT2D eigenvalue weighted by atomic mass is 16.5. The van der Waals surface area contributed by atoms with E-state index in [0.29, 0.717) is 11.8 Å². The van der Waals surface area contributed by atoms with E-state index in [2.05, 4.69) is 24.5 Å². The van der Waals surface area contributed by atoms with Crippen LogP contribution in [0.2, 0.25) is 0 Å². The maximum Gasteiger partial charge on any atom is 0.258 e. The molecule has 0 bridgehead atoms. The largest absolute Gasteiger partial charge is 0.484 e. The number of amides is 1. The normalized spacial score (nSPS) is 12.8. The molecule has 1 amide bonds. The minimum atomic E-state index is -0.230. The van der Waals surface area contributed by atoms with Crippen LogP contribution in [-0.2, 0) is 11.3 Å². The fourth-order valence-corrected chi connectivity index (χ4v) is 1.74. The van der Waals surface area contributed by atoms with Crippen molar-refractivity contribution in [1.29, 1.82) is 0 Å². The van der Waals surface area contributed by atoms with Crippen LogP contribution in [0.25, 0.3) is 0 Å². The zero-order valence-corrected chi connectivity index (χ0v) is 13.8. The van der Waals surface area contributed by atoms with E-state index in [4.69, 9.17) is 4.74 Å². The molecule has 4 heteroatoms. The number of hydrogen-bond donors (Lipinski definition) is 2. The summed E-state index contributed by atoms with van der Waals surface area (Å²) < 4.78 is 5.48. The Labute approximate surface area is 128 Å². The van der Waals surface area contributed by atoms with E-state index in [-0.39, 0.29) is 18.1 Å². The topological polar surface area (TPSA) is 50.4 Å². The van der Waals surface area contributed by atoms with Crippen LogP contribution in [-0.4, -0.2) is 24.1 Å². The van der Waals surface area contributed by atoms with Crippen LogP contribution in [0.1, 0.15) is 46.6 Å². The first kappa shape index (κ1) is 17.5. The van der Waals surface area contributed by atoms with Crippen molar-refractivity contribution >= 4 is 5.91 Å². The zero-order chi connectivity index (χ0) is 15.9. The summed E-state index contributed by atoms with van der Waals surface area (Å²) in [5, 5.41) is 6.31. The first-order valence-corrected chi connectivity index (χ1v) is 7.56. The Kier molecular flexibility index (Phi) is 6.69. The van der Waals surface area contributed by atoms with Crippen molar-refractivity contribution in [3.05, 3.63) is 29.8 Å². The molecule has 21 heavy (non-hydrogen) atoms. The van der Waals surface area contributed by atoms with Gasteiger partial charge < -0.3 is 15.4 Å². The molecule has 2 N–H and O–H groups in total. The number of ether oxygens (including phenoxy) is 1. The lowest BCUT2D eigenvalue weighted by Gasteiger charge is -2.20. The molecule has 1 aromatic rings. The third-order valence-corrected chi connectivity index (χ3v) is 3.07. The Morgan fingerprint density at radius 2 is 1.86 bits per heavy atom. The fourth-order valence-electron chi connectivity index (χ4n) is 1.74. The van der Waals surface area contributed by atoms with Crippen molar-refractivity contribution in [2.75, 3.05) is 6.61 Å². The predicted octanol–water partition coefficient (Wildman–Crippen LogP) is 2.87.